The molecule has 0 bridgehead atoms. The number of benzene rings is 1. The lowest BCUT2D eigenvalue weighted by atomic mass is 10.1. The summed E-state index contributed by atoms with van der Waals surface area (Å²) in [6.07, 6.45) is 2.57. The Morgan fingerprint density at radius 1 is 1.24 bits per heavy atom. The molecule has 38 heavy (non-hydrogen) atoms. The zero-order valence-corrected chi connectivity index (χ0v) is 21.3. The summed E-state index contributed by atoms with van der Waals surface area (Å²) in [7, 11) is 0. The number of aromatic nitrogens is 5. The summed E-state index contributed by atoms with van der Waals surface area (Å²) in [5, 5.41) is 11.2. The number of halogens is 4. The van der Waals surface area contributed by atoms with Gasteiger partial charge in [0.1, 0.15) is 0 Å². The summed E-state index contributed by atoms with van der Waals surface area (Å²) in [6.45, 7) is 0. The number of fused-ring (bicyclic) bond motifs is 1. The first-order valence-corrected chi connectivity index (χ1v) is 12.8. The predicted octanol–water partition coefficient (Wildman–Crippen LogP) is 4.89. The maximum Gasteiger partial charge on any atom is 0.434 e. The Morgan fingerprint density at radius 2 is 2.05 bits per heavy atom. The third-order valence-corrected chi connectivity index (χ3v) is 6.05. The van der Waals surface area contributed by atoms with Gasteiger partial charge in [0, 0.05) is 24.2 Å². The van der Waals surface area contributed by atoms with Crippen molar-refractivity contribution >= 4 is 57.3 Å². The maximum absolute atomic E-state index is 14.1. The zero-order chi connectivity index (χ0) is 27.3. The summed E-state index contributed by atoms with van der Waals surface area (Å²) >= 11 is 7.97. The molecule has 0 spiro atoms. The summed E-state index contributed by atoms with van der Waals surface area (Å²) < 4.78 is 42.2. The van der Waals surface area contributed by atoms with Crippen LogP contribution in [0.2, 0.25) is 5.02 Å². The van der Waals surface area contributed by atoms with E-state index in [-0.39, 0.29) is 22.2 Å². The fourth-order valence-electron chi connectivity index (χ4n) is 3.41. The van der Waals surface area contributed by atoms with Gasteiger partial charge in [0.05, 0.1) is 45.6 Å². The highest BCUT2D eigenvalue weighted by atomic mass is 35.5. The number of anilines is 1. The van der Waals surface area contributed by atoms with Crippen molar-refractivity contribution in [2.24, 2.45) is 10.7 Å². The van der Waals surface area contributed by atoms with E-state index in [0.717, 1.165) is 11.4 Å². The monoisotopic (exact) mass is 560 g/mol. The molecule has 0 saturated carbocycles. The van der Waals surface area contributed by atoms with Crippen LogP contribution in [0.4, 0.5) is 24.5 Å². The van der Waals surface area contributed by atoms with E-state index in [1.165, 1.54) is 35.4 Å². The molecular weight excluding hydrogens is 541 g/mol. The molecule has 196 valence electrons. The number of alkyl halides is 3. The van der Waals surface area contributed by atoms with E-state index in [9.17, 15) is 18.0 Å². The minimum Gasteiger partial charge on any atom is -0.404 e. The first-order valence-electron chi connectivity index (χ1n) is 11.0. The number of rotatable bonds is 8. The van der Waals surface area contributed by atoms with Crippen LogP contribution in [0.15, 0.2) is 71.8 Å². The fraction of sp³-hybridized carbons (Fsp3) is 0.167. The van der Waals surface area contributed by atoms with Crippen molar-refractivity contribution in [3.05, 3.63) is 77.5 Å². The van der Waals surface area contributed by atoms with Crippen molar-refractivity contribution in [1.82, 2.24) is 25.0 Å². The molecule has 4 aromatic rings. The molecule has 3 aromatic heterocycles. The number of thioether (sulfide) groups is 1. The Morgan fingerprint density at radius 3 is 2.76 bits per heavy atom. The number of nitrogens with one attached hydrogen (secondary N) is 1. The van der Waals surface area contributed by atoms with Crippen molar-refractivity contribution in [1.29, 1.82) is 0 Å². The topological polar surface area (TPSA) is 124 Å². The van der Waals surface area contributed by atoms with Crippen molar-refractivity contribution in [3.63, 3.8) is 0 Å². The minimum atomic E-state index is -4.99. The van der Waals surface area contributed by atoms with E-state index in [1.54, 1.807) is 36.2 Å². The standard InChI is InChI=1S/C24H20ClF3N8OS/c1-38-9-7-14-13-32-36(35-14)22-18(25)10-15(12-31-22)33-23(37)17(11-29)21(24(26,27)28)34-20-6-2-5-19-16(20)4-3-8-30-19/h2-6,8,10-13H,7,9,29H2,1H3,(H,33,37). The van der Waals surface area contributed by atoms with E-state index in [1.807, 2.05) is 6.26 Å². The van der Waals surface area contributed by atoms with Gasteiger partial charge in [-0.3, -0.25) is 9.78 Å². The average molecular weight is 561 g/mol. The van der Waals surface area contributed by atoms with Crippen molar-refractivity contribution < 1.29 is 18.0 Å². The molecule has 9 nitrogen and oxygen atoms in total. The number of pyridine rings is 2. The Balaban J connectivity index is 1.61. The molecule has 3 heterocycles. The summed E-state index contributed by atoms with van der Waals surface area (Å²) in [5.74, 6) is -0.0940. The molecule has 3 N–H and O–H groups in total. The van der Waals surface area contributed by atoms with Gasteiger partial charge in [0.15, 0.2) is 11.5 Å². The molecule has 0 aliphatic heterocycles. The van der Waals surface area contributed by atoms with Crippen LogP contribution in [0.25, 0.3) is 16.7 Å². The van der Waals surface area contributed by atoms with Gasteiger partial charge in [-0.1, -0.05) is 17.7 Å². The fourth-order valence-corrected chi connectivity index (χ4v) is 4.06. The van der Waals surface area contributed by atoms with Gasteiger partial charge >= 0.3 is 6.18 Å². The number of carbonyl (C=O) groups excluding carboxylic acids is 1. The number of hydrogen-bond donors (Lipinski definition) is 2. The smallest absolute Gasteiger partial charge is 0.404 e. The molecule has 1 aromatic carbocycles. The van der Waals surface area contributed by atoms with Crippen LogP contribution < -0.4 is 11.1 Å². The molecule has 0 atom stereocenters. The van der Waals surface area contributed by atoms with E-state index >= 15 is 0 Å². The number of nitrogens with two attached hydrogens (primary N) is 1. The molecule has 0 saturated heterocycles. The van der Waals surface area contributed by atoms with Crippen LogP contribution in [0.3, 0.4) is 0 Å². The van der Waals surface area contributed by atoms with Crippen molar-refractivity contribution in [3.8, 4) is 5.82 Å². The second-order valence-corrected chi connectivity index (χ2v) is 9.13. The Bertz CT molecular complexity index is 1530. The van der Waals surface area contributed by atoms with Gasteiger partial charge in [0.2, 0.25) is 0 Å². The molecule has 0 radical (unpaired) electrons. The van der Waals surface area contributed by atoms with E-state index < -0.39 is 23.4 Å². The van der Waals surface area contributed by atoms with Crippen LogP contribution >= 0.6 is 23.4 Å². The maximum atomic E-state index is 14.1. The Labute approximate surface area is 224 Å². The van der Waals surface area contributed by atoms with E-state index in [4.69, 9.17) is 17.3 Å². The Hall–Kier alpha value is -3.97. The first kappa shape index (κ1) is 27.1. The number of aryl methyl sites for hydroxylation is 1. The normalized spacial score (nSPS) is 12.7. The van der Waals surface area contributed by atoms with Gasteiger partial charge in [-0.25, -0.2) is 9.98 Å². The number of aliphatic imine (C=N–C) groups is 1. The second-order valence-electron chi connectivity index (χ2n) is 7.74. The molecule has 0 aliphatic carbocycles. The van der Waals surface area contributed by atoms with Crippen molar-refractivity contribution in [2.75, 3.05) is 17.3 Å². The second kappa shape index (κ2) is 11.6. The van der Waals surface area contributed by atoms with Gasteiger partial charge in [0.25, 0.3) is 5.91 Å². The zero-order valence-electron chi connectivity index (χ0n) is 19.8. The minimum absolute atomic E-state index is 0.0206. The van der Waals surface area contributed by atoms with Crippen LogP contribution in [0.5, 0.6) is 0 Å². The van der Waals surface area contributed by atoms with Gasteiger partial charge in [-0.15, -0.1) is 4.80 Å². The number of nitrogens with zero attached hydrogens (tertiary/aromatic N) is 6. The van der Waals surface area contributed by atoms with Gasteiger partial charge < -0.3 is 11.1 Å². The van der Waals surface area contributed by atoms with Crippen molar-refractivity contribution in [2.45, 2.75) is 12.6 Å². The molecule has 0 unspecified atom stereocenters. The number of carbonyl (C=O) groups is 1. The number of hydrogen-bond acceptors (Lipinski definition) is 8. The lowest BCUT2D eigenvalue weighted by Gasteiger charge is -2.15. The highest BCUT2D eigenvalue weighted by Crippen LogP contribution is 2.30. The first-order chi connectivity index (χ1) is 18.2. The van der Waals surface area contributed by atoms with Crippen LogP contribution in [0, 0.1) is 0 Å². The van der Waals surface area contributed by atoms with Crippen LogP contribution in [-0.2, 0) is 11.2 Å². The lowest BCUT2D eigenvalue weighted by molar-refractivity contribution is -0.113. The third kappa shape index (κ3) is 6.11. The van der Waals surface area contributed by atoms with E-state index in [2.05, 4.69) is 30.5 Å². The largest absolute Gasteiger partial charge is 0.434 e. The predicted molar refractivity (Wildman–Crippen MR) is 142 cm³/mol. The molecule has 4 rings (SSSR count). The van der Waals surface area contributed by atoms with Crippen LogP contribution in [0.1, 0.15) is 5.69 Å². The van der Waals surface area contributed by atoms with E-state index in [0.29, 0.717) is 23.5 Å². The SMILES string of the molecule is CSCCc1cnn(-c2ncc(NC(=O)C(=CN)C(=Nc3cccc4ncccc34)C(F)(F)F)cc2Cl)n1. The van der Waals surface area contributed by atoms with Crippen LogP contribution in [-0.4, -0.2) is 54.8 Å². The van der Waals surface area contributed by atoms with Gasteiger partial charge in [-0.2, -0.15) is 35.1 Å². The summed E-state index contributed by atoms with van der Waals surface area (Å²) in [5.41, 5.74) is 4.33. The molecular formula is C24H20ClF3N8OS. The van der Waals surface area contributed by atoms with Gasteiger partial charge in [-0.05, 0) is 42.3 Å². The molecule has 1 amide bonds. The molecule has 0 fully saturated rings. The third-order valence-electron chi connectivity index (χ3n) is 5.16. The highest BCUT2D eigenvalue weighted by molar-refractivity contribution is 7.98. The lowest BCUT2D eigenvalue weighted by Crippen LogP contribution is -2.32. The summed E-state index contributed by atoms with van der Waals surface area (Å²) in [6, 6.07) is 9.02. The molecule has 0 aliphatic rings. The summed E-state index contributed by atoms with van der Waals surface area (Å²) in [4.78, 5) is 26.2. The number of amides is 1. The quantitative estimate of drug-likeness (QED) is 0.232. The highest BCUT2D eigenvalue weighted by Gasteiger charge is 2.40. The Kier molecular flexibility index (Phi) is 8.27. The average Bonchev–Trinajstić information content (AvgIpc) is 3.35. The molecule has 14 heteroatoms.